The first-order valence-corrected chi connectivity index (χ1v) is 4.52. The van der Waals surface area contributed by atoms with Gasteiger partial charge in [0.2, 0.25) is 0 Å². The van der Waals surface area contributed by atoms with Gasteiger partial charge in [0, 0.05) is 12.2 Å². The topological polar surface area (TPSA) is 80.1 Å². The molecule has 0 spiro atoms. The summed E-state index contributed by atoms with van der Waals surface area (Å²) >= 11 is 0. The zero-order valence-corrected chi connectivity index (χ0v) is 9.24. The lowest BCUT2D eigenvalue weighted by molar-refractivity contribution is 0.0596. The van der Waals surface area contributed by atoms with E-state index >= 15 is 0 Å². The van der Waals surface area contributed by atoms with Crippen LogP contribution in [0.2, 0.25) is 0 Å². The van der Waals surface area contributed by atoms with E-state index in [0.29, 0.717) is 11.4 Å². The number of nitrogens with one attached hydrogen (secondary N) is 2. The number of ether oxygens (including phenoxy) is 1. The third-order valence-electron chi connectivity index (χ3n) is 2.48. The minimum Gasteiger partial charge on any atom is -0.464 e. The molecule has 0 atom stereocenters. The number of methoxy groups -OCH3 is 1. The van der Waals surface area contributed by atoms with E-state index < -0.39 is 5.97 Å². The van der Waals surface area contributed by atoms with Crippen LogP contribution in [0.15, 0.2) is 0 Å². The van der Waals surface area contributed by atoms with E-state index in [2.05, 4.69) is 15.0 Å². The SMILES string of the molecule is COC(=O)c1[nH]c2c(c1N)CCNC2.Cl. The quantitative estimate of drug-likeness (QED) is 0.613. The van der Waals surface area contributed by atoms with Crippen molar-refractivity contribution in [3.05, 3.63) is 17.0 Å². The number of aromatic amines is 1. The van der Waals surface area contributed by atoms with Crippen LogP contribution in [0.3, 0.4) is 0 Å². The van der Waals surface area contributed by atoms with Crippen molar-refractivity contribution in [2.75, 3.05) is 19.4 Å². The predicted molar refractivity (Wildman–Crippen MR) is 59.2 cm³/mol. The fourth-order valence-corrected chi connectivity index (χ4v) is 1.73. The second kappa shape index (κ2) is 4.55. The Morgan fingerprint density at radius 3 is 2.87 bits per heavy atom. The van der Waals surface area contributed by atoms with Crippen molar-refractivity contribution in [2.24, 2.45) is 0 Å². The van der Waals surface area contributed by atoms with Crippen LogP contribution in [0, 0.1) is 0 Å². The first-order valence-electron chi connectivity index (χ1n) is 4.52. The molecular formula is C9H14ClN3O2. The Morgan fingerprint density at radius 1 is 1.53 bits per heavy atom. The Hall–Kier alpha value is -1.20. The van der Waals surface area contributed by atoms with Crippen molar-refractivity contribution in [2.45, 2.75) is 13.0 Å². The van der Waals surface area contributed by atoms with Crippen LogP contribution in [-0.4, -0.2) is 24.6 Å². The van der Waals surface area contributed by atoms with E-state index in [0.717, 1.165) is 30.8 Å². The van der Waals surface area contributed by atoms with Crippen LogP contribution in [0.4, 0.5) is 5.69 Å². The summed E-state index contributed by atoms with van der Waals surface area (Å²) in [4.78, 5) is 14.3. The van der Waals surface area contributed by atoms with Crippen LogP contribution in [0.5, 0.6) is 0 Å². The smallest absolute Gasteiger partial charge is 0.356 e. The molecule has 1 aliphatic rings. The summed E-state index contributed by atoms with van der Waals surface area (Å²) in [5.41, 5.74) is 8.79. The molecule has 84 valence electrons. The number of carbonyl (C=O) groups excluding carboxylic acids is 1. The van der Waals surface area contributed by atoms with E-state index in [4.69, 9.17) is 5.73 Å². The Kier molecular flexibility index (Phi) is 3.60. The van der Waals surface area contributed by atoms with Gasteiger partial charge in [-0.05, 0) is 18.5 Å². The molecule has 4 N–H and O–H groups in total. The maximum absolute atomic E-state index is 11.3. The molecule has 1 aromatic rings. The first-order chi connectivity index (χ1) is 6.74. The molecule has 0 radical (unpaired) electrons. The lowest BCUT2D eigenvalue weighted by Crippen LogP contribution is -2.23. The van der Waals surface area contributed by atoms with Crippen molar-refractivity contribution in [1.29, 1.82) is 0 Å². The number of fused-ring (bicyclic) bond motifs is 1. The van der Waals surface area contributed by atoms with Gasteiger partial charge in [0.15, 0.2) is 0 Å². The average Bonchev–Trinajstić information content (AvgIpc) is 2.56. The number of H-pyrrole nitrogens is 1. The molecule has 2 rings (SSSR count). The number of halogens is 1. The lowest BCUT2D eigenvalue weighted by atomic mass is 10.1. The summed E-state index contributed by atoms with van der Waals surface area (Å²) in [5.74, 6) is -0.406. The van der Waals surface area contributed by atoms with Crippen molar-refractivity contribution in [1.82, 2.24) is 10.3 Å². The largest absolute Gasteiger partial charge is 0.464 e. The maximum Gasteiger partial charge on any atom is 0.356 e. The number of nitrogens with two attached hydrogens (primary N) is 1. The minimum atomic E-state index is -0.406. The number of rotatable bonds is 1. The zero-order valence-electron chi connectivity index (χ0n) is 8.42. The molecule has 0 unspecified atom stereocenters. The maximum atomic E-state index is 11.3. The highest BCUT2D eigenvalue weighted by Crippen LogP contribution is 2.24. The highest BCUT2D eigenvalue weighted by Gasteiger charge is 2.21. The fourth-order valence-electron chi connectivity index (χ4n) is 1.73. The molecule has 0 amide bonds. The predicted octanol–water partition coefficient (Wildman–Crippen LogP) is 0.451. The highest BCUT2D eigenvalue weighted by atomic mass is 35.5. The van der Waals surface area contributed by atoms with Gasteiger partial charge in [-0.1, -0.05) is 0 Å². The van der Waals surface area contributed by atoms with Crippen LogP contribution < -0.4 is 11.1 Å². The van der Waals surface area contributed by atoms with Gasteiger partial charge < -0.3 is 20.8 Å². The number of nitrogen functional groups attached to an aromatic ring is 1. The summed E-state index contributed by atoms with van der Waals surface area (Å²) in [6.07, 6.45) is 0.856. The average molecular weight is 232 g/mol. The molecule has 0 aromatic carbocycles. The molecule has 0 bridgehead atoms. The molecule has 0 saturated carbocycles. The number of anilines is 1. The Labute approximate surface area is 93.8 Å². The van der Waals surface area contributed by atoms with Crippen LogP contribution in [0.25, 0.3) is 0 Å². The summed E-state index contributed by atoms with van der Waals surface area (Å²) in [7, 11) is 1.35. The molecule has 15 heavy (non-hydrogen) atoms. The Morgan fingerprint density at radius 2 is 2.27 bits per heavy atom. The standard InChI is InChI=1S/C9H13N3O2.ClH/c1-14-9(13)8-7(10)5-2-3-11-4-6(5)12-8;/h11-12H,2-4,10H2,1H3;1H. The van der Waals surface area contributed by atoms with Gasteiger partial charge in [-0.2, -0.15) is 0 Å². The third-order valence-corrected chi connectivity index (χ3v) is 2.48. The number of carbonyl (C=O) groups is 1. The minimum absolute atomic E-state index is 0. The molecule has 1 aromatic heterocycles. The summed E-state index contributed by atoms with van der Waals surface area (Å²) in [6.45, 7) is 1.63. The molecular weight excluding hydrogens is 218 g/mol. The second-order valence-electron chi connectivity index (χ2n) is 3.29. The van der Waals surface area contributed by atoms with E-state index in [1.807, 2.05) is 0 Å². The molecule has 0 aliphatic carbocycles. The van der Waals surface area contributed by atoms with Crippen molar-refractivity contribution in [3.63, 3.8) is 0 Å². The van der Waals surface area contributed by atoms with E-state index in [1.165, 1.54) is 7.11 Å². The van der Waals surface area contributed by atoms with E-state index in [9.17, 15) is 4.79 Å². The van der Waals surface area contributed by atoms with Crippen molar-refractivity contribution < 1.29 is 9.53 Å². The Bertz CT molecular complexity index is 376. The van der Waals surface area contributed by atoms with Gasteiger partial charge >= 0.3 is 5.97 Å². The number of hydrogen-bond acceptors (Lipinski definition) is 4. The van der Waals surface area contributed by atoms with Crippen molar-refractivity contribution in [3.8, 4) is 0 Å². The number of aromatic nitrogens is 1. The normalized spacial score (nSPS) is 13.9. The highest BCUT2D eigenvalue weighted by molar-refractivity contribution is 5.94. The van der Waals surface area contributed by atoms with Crippen LogP contribution in [0.1, 0.15) is 21.7 Å². The second-order valence-corrected chi connectivity index (χ2v) is 3.29. The number of esters is 1. The molecule has 0 saturated heterocycles. The third kappa shape index (κ3) is 1.93. The molecule has 6 heteroatoms. The monoisotopic (exact) mass is 231 g/mol. The summed E-state index contributed by atoms with van der Waals surface area (Å²) < 4.78 is 4.62. The summed E-state index contributed by atoms with van der Waals surface area (Å²) in [5, 5.41) is 3.20. The van der Waals surface area contributed by atoms with Crippen molar-refractivity contribution >= 4 is 24.1 Å². The summed E-state index contributed by atoms with van der Waals surface area (Å²) in [6, 6.07) is 0. The van der Waals surface area contributed by atoms with Crippen LogP contribution >= 0.6 is 12.4 Å². The van der Waals surface area contributed by atoms with Gasteiger partial charge in [-0.25, -0.2) is 4.79 Å². The van der Waals surface area contributed by atoms with Crippen LogP contribution in [-0.2, 0) is 17.7 Å². The van der Waals surface area contributed by atoms with Gasteiger partial charge in [0.25, 0.3) is 0 Å². The molecule has 2 heterocycles. The Balaban J connectivity index is 0.00000112. The first kappa shape index (κ1) is 11.9. The van der Waals surface area contributed by atoms with E-state index in [1.54, 1.807) is 0 Å². The zero-order chi connectivity index (χ0) is 10.1. The van der Waals surface area contributed by atoms with Gasteiger partial charge in [0.05, 0.1) is 12.8 Å². The van der Waals surface area contributed by atoms with Gasteiger partial charge in [-0.3, -0.25) is 0 Å². The lowest BCUT2D eigenvalue weighted by Gasteiger charge is -2.12. The van der Waals surface area contributed by atoms with Gasteiger partial charge in [0.1, 0.15) is 5.69 Å². The number of hydrogen-bond donors (Lipinski definition) is 3. The molecule has 1 aliphatic heterocycles. The molecule has 0 fully saturated rings. The fraction of sp³-hybridized carbons (Fsp3) is 0.444. The van der Waals surface area contributed by atoms with E-state index in [-0.39, 0.29) is 12.4 Å². The molecule has 5 nitrogen and oxygen atoms in total. The van der Waals surface area contributed by atoms with Gasteiger partial charge in [-0.15, -0.1) is 12.4 Å².